The Morgan fingerprint density at radius 1 is 1.43 bits per heavy atom. The number of rotatable bonds is 4. The van der Waals surface area contributed by atoms with Gasteiger partial charge in [0.1, 0.15) is 5.82 Å². The molecular formula is C14H19N5OS. The number of aryl methyl sites for hydroxylation is 3. The molecule has 7 heteroatoms. The number of oxime groups is 1. The zero-order chi connectivity index (χ0) is 15.6. The van der Waals surface area contributed by atoms with E-state index in [4.69, 9.17) is 10.9 Å². The number of pyridine rings is 1. The van der Waals surface area contributed by atoms with Crippen LogP contribution in [0.2, 0.25) is 0 Å². The maximum atomic E-state index is 9.00. The molecule has 0 atom stereocenters. The first-order valence-electron chi connectivity index (χ1n) is 6.50. The summed E-state index contributed by atoms with van der Waals surface area (Å²) in [6.07, 6.45) is 0. The van der Waals surface area contributed by atoms with Crippen molar-refractivity contribution in [3.05, 3.63) is 39.0 Å². The van der Waals surface area contributed by atoms with Gasteiger partial charge in [-0.1, -0.05) is 5.16 Å². The molecule has 2 heterocycles. The molecule has 0 amide bonds. The molecule has 0 aliphatic rings. The van der Waals surface area contributed by atoms with Gasteiger partial charge in [-0.2, -0.15) is 0 Å². The third-order valence-electron chi connectivity index (χ3n) is 3.28. The predicted molar refractivity (Wildman–Crippen MR) is 85.2 cm³/mol. The van der Waals surface area contributed by atoms with Gasteiger partial charge in [0.25, 0.3) is 0 Å². The van der Waals surface area contributed by atoms with Crippen molar-refractivity contribution in [3.8, 4) is 0 Å². The molecule has 2 aromatic rings. The van der Waals surface area contributed by atoms with Gasteiger partial charge in [0.2, 0.25) is 0 Å². The molecule has 2 rings (SSSR count). The quantitative estimate of drug-likeness (QED) is 0.391. The highest BCUT2D eigenvalue weighted by molar-refractivity contribution is 7.09. The van der Waals surface area contributed by atoms with E-state index in [0.29, 0.717) is 17.9 Å². The van der Waals surface area contributed by atoms with E-state index in [1.165, 1.54) is 4.88 Å². The van der Waals surface area contributed by atoms with Crippen LogP contribution in [0, 0.1) is 20.8 Å². The van der Waals surface area contributed by atoms with Crippen molar-refractivity contribution in [2.24, 2.45) is 10.9 Å². The van der Waals surface area contributed by atoms with Crippen LogP contribution in [-0.4, -0.2) is 28.1 Å². The van der Waals surface area contributed by atoms with Crippen LogP contribution < -0.4 is 10.6 Å². The lowest BCUT2D eigenvalue weighted by molar-refractivity contribution is 0.318. The Hall–Kier alpha value is -2.15. The monoisotopic (exact) mass is 305 g/mol. The standard InChI is InChI=1S/C14H19N5OS/c1-8-5-9(2)17-14(12(8)13(15)18-20)19(4)6-11-10(3)16-7-21-11/h5,7,20H,6H2,1-4H3,(H2,15,18). The van der Waals surface area contributed by atoms with Crippen molar-refractivity contribution in [2.45, 2.75) is 27.3 Å². The second-order valence-corrected chi connectivity index (χ2v) is 5.92. The Bertz CT molecular complexity index is 680. The number of aromatic nitrogens is 2. The van der Waals surface area contributed by atoms with Gasteiger partial charge < -0.3 is 15.8 Å². The number of nitrogens with two attached hydrogens (primary N) is 1. The summed E-state index contributed by atoms with van der Waals surface area (Å²) >= 11 is 1.61. The molecule has 0 aromatic carbocycles. The van der Waals surface area contributed by atoms with E-state index in [-0.39, 0.29) is 5.84 Å². The average Bonchev–Trinajstić information content (AvgIpc) is 2.82. The summed E-state index contributed by atoms with van der Waals surface area (Å²) in [6, 6.07) is 1.92. The highest BCUT2D eigenvalue weighted by atomic mass is 32.1. The molecule has 0 unspecified atom stereocenters. The van der Waals surface area contributed by atoms with Gasteiger partial charge >= 0.3 is 0 Å². The van der Waals surface area contributed by atoms with Crippen LogP contribution in [0.1, 0.15) is 27.4 Å². The number of anilines is 1. The fraction of sp³-hybridized carbons (Fsp3) is 0.357. The normalized spacial score (nSPS) is 11.7. The number of hydrogen-bond acceptors (Lipinski definition) is 6. The molecule has 0 spiro atoms. The third-order valence-corrected chi connectivity index (χ3v) is 4.20. The Morgan fingerprint density at radius 2 is 2.14 bits per heavy atom. The Labute approximate surface area is 128 Å². The largest absolute Gasteiger partial charge is 0.409 e. The summed E-state index contributed by atoms with van der Waals surface area (Å²) in [5.74, 6) is 0.776. The molecule has 0 saturated heterocycles. The van der Waals surface area contributed by atoms with Crippen molar-refractivity contribution in [3.63, 3.8) is 0 Å². The van der Waals surface area contributed by atoms with Crippen LogP contribution in [-0.2, 0) is 6.54 Å². The van der Waals surface area contributed by atoms with Crippen LogP contribution in [0.5, 0.6) is 0 Å². The van der Waals surface area contributed by atoms with Gasteiger partial charge in [-0.05, 0) is 32.4 Å². The minimum Gasteiger partial charge on any atom is -0.409 e. The molecule has 0 bridgehead atoms. The number of amidine groups is 1. The van der Waals surface area contributed by atoms with E-state index in [0.717, 1.165) is 17.0 Å². The maximum absolute atomic E-state index is 9.00. The van der Waals surface area contributed by atoms with Crippen LogP contribution in [0.4, 0.5) is 5.82 Å². The van der Waals surface area contributed by atoms with Gasteiger partial charge in [0.05, 0.1) is 23.3 Å². The summed E-state index contributed by atoms with van der Waals surface area (Å²) in [6.45, 7) is 6.52. The summed E-state index contributed by atoms with van der Waals surface area (Å²) in [5.41, 5.74) is 11.1. The van der Waals surface area contributed by atoms with E-state index in [1.54, 1.807) is 11.3 Å². The Morgan fingerprint density at radius 3 is 2.71 bits per heavy atom. The fourth-order valence-electron chi connectivity index (χ4n) is 2.23. The van der Waals surface area contributed by atoms with E-state index in [9.17, 15) is 0 Å². The first-order valence-corrected chi connectivity index (χ1v) is 7.38. The first kappa shape index (κ1) is 15.2. The molecule has 112 valence electrons. The zero-order valence-corrected chi connectivity index (χ0v) is 13.4. The molecule has 0 aliphatic carbocycles. The van der Waals surface area contributed by atoms with Crippen molar-refractivity contribution in [2.75, 3.05) is 11.9 Å². The summed E-state index contributed by atoms with van der Waals surface area (Å²) in [5, 5.41) is 12.1. The molecule has 0 radical (unpaired) electrons. The van der Waals surface area contributed by atoms with Gasteiger partial charge in [-0.25, -0.2) is 9.97 Å². The lowest BCUT2D eigenvalue weighted by Crippen LogP contribution is -2.25. The second kappa shape index (κ2) is 6.09. The summed E-state index contributed by atoms with van der Waals surface area (Å²) in [7, 11) is 1.94. The van der Waals surface area contributed by atoms with Gasteiger partial charge in [-0.15, -0.1) is 11.3 Å². The molecule has 2 aromatic heterocycles. The average molecular weight is 305 g/mol. The zero-order valence-electron chi connectivity index (χ0n) is 12.6. The summed E-state index contributed by atoms with van der Waals surface area (Å²) in [4.78, 5) is 12.0. The molecule has 21 heavy (non-hydrogen) atoms. The maximum Gasteiger partial charge on any atom is 0.174 e. The predicted octanol–water partition coefficient (Wildman–Crippen LogP) is 2.19. The second-order valence-electron chi connectivity index (χ2n) is 4.98. The van der Waals surface area contributed by atoms with E-state index < -0.39 is 0 Å². The lowest BCUT2D eigenvalue weighted by Gasteiger charge is -2.22. The minimum absolute atomic E-state index is 0.0721. The van der Waals surface area contributed by atoms with Gasteiger partial charge in [-0.3, -0.25) is 0 Å². The van der Waals surface area contributed by atoms with Crippen molar-refractivity contribution >= 4 is 23.0 Å². The number of nitrogens with zero attached hydrogens (tertiary/aromatic N) is 4. The highest BCUT2D eigenvalue weighted by Gasteiger charge is 2.17. The molecule has 3 N–H and O–H groups in total. The van der Waals surface area contributed by atoms with Crippen molar-refractivity contribution in [1.29, 1.82) is 0 Å². The molecule has 6 nitrogen and oxygen atoms in total. The van der Waals surface area contributed by atoms with E-state index in [2.05, 4.69) is 15.1 Å². The van der Waals surface area contributed by atoms with E-state index in [1.807, 2.05) is 44.3 Å². The highest BCUT2D eigenvalue weighted by Crippen LogP contribution is 2.24. The lowest BCUT2D eigenvalue weighted by atomic mass is 10.1. The van der Waals surface area contributed by atoms with Gasteiger partial charge in [0, 0.05) is 17.6 Å². The molecular weight excluding hydrogens is 286 g/mol. The van der Waals surface area contributed by atoms with Gasteiger partial charge in [0.15, 0.2) is 5.84 Å². The topological polar surface area (TPSA) is 87.6 Å². The summed E-state index contributed by atoms with van der Waals surface area (Å²) < 4.78 is 0. The van der Waals surface area contributed by atoms with Crippen molar-refractivity contribution in [1.82, 2.24) is 9.97 Å². The third kappa shape index (κ3) is 3.13. The van der Waals surface area contributed by atoms with Crippen LogP contribution >= 0.6 is 11.3 Å². The smallest absolute Gasteiger partial charge is 0.174 e. The van der Waals surface area contributed by atoms with Crippen LogP contribution in [0.15, 0.2) is 16.7 Å². The Balaban J connectivity index is 2.44. The van der Waals surface area contributed by atoms with Crippen molar-refractivity contribution < 1.29 is 5.21 Å². The Kier molecular flexibility index (Phi) is 4.42. The van der Waals surface area contributed by atoms with Crippen LogP contribution in [0.25, 0.3) is 0 Å². The number of hydrogen-bond donors (Lipinski definition) is 2. The first-order chi connectivity index (χ1) is 9.93. The molecule has 0 aliphatic heterocycles. The van der Waals surface area contributed by atoms with E-state index >= 15 is 0 Å². The fourth-order valence-corrected chi connectivity index (χ4v) is 3.06. The number of thiazole rings is 1. The molecule has 0 saturated carbocycles. The minimum atomic E-state index is 0.0721. The van der Waals surface area contributed by atoms with Crippen LogP contribution in [0.3, 0.4) is 0 Å². The molecule has 0 fully saturated rings. The SMILES string of the molecule is Cc1cc(C)c(C(N)=NO)c(N(C)Cc2scnc2C)n1.